The van der Waals surface area contributed by atoms with Crippen molar-refractivity contribution in [1.82, 2.24) is 0 Å². The second-order valence-corrected chi connectivity index (χ2v) is 9.51. The maximum absolute atomic E-state index is 13.5. The molecule has 3 heteroatoms. The van der Waals surface area contributed by atoms with Gasteiger partial charge in [0.25, 0.3) is 0 Å². The quantitative estimate of drug-likeness (QED) is 0.535. The van der Waals surface area contributed by atoms with Gasteiger partial charge in [0.1, 0.15) is 5.82 Å². The Morgan fingerprint density at radius 2 is 2.00 bits per heavy atom. The largest absolute Gasteiger partial charge is 0.205 e. The third-order valence-electron chi connectivity index (χ3n) is 4.48. The van der Waals surface area contributed by atoms with E-state index in [2.05, 4.69) is 13.0 Å². The lowest BCUT2D eigenvalue weighted by molar-refractivity contribution is 0.418. The minimum Gasteiger partial charge on any atom is -0.205 e. The van der Waals surface area contributed by atoms with Crippen molar-refractivity contribution in [2.45, 2.75) is 57.5 Å². The van der Waals surface area contributed by atoms with Gasteiger partial charge in [0.15, 0.2) is 0 Å². The molecule has 0 atom stereocenters. The molecule has 0 aromatic heterocycles. The molecule has 0 spiro atoms. The van der Waals surface area contributed by atoms with E-state index in [4.69, 9.17) is 11.6 Å². The summed E-state index contributed by atoms with van der Waals surface area (Å²) in [5, 5.41) is 1.53. The van der Waals surface area contributed by atoms with Gasteiger partial charge in [-0.05, 0) is 18.1 Å². The molecule has 0 saturated carbocycles. The van der Waals surface area contributed by atoms with Gasteiger partial charge < -0.3 is 0 Å². The molecule has 0 N–H and O–H groups in total. The molecule has 0 bridgehead atoms. The minimum atomic E-state index is -0.911. The molecular weight excluding hydrogens is 275 g/mol. The topological polar surface area (TPSA) is 0 Å². The van der Waals surface area contributed by atoms with Gasteiger partial charge in [-0.15, -0.1) is 0 Å². The van der Waals surface area contributed by atoms with E-state index < -0.39 is 8.80 Å². The van der Waals surface area contributed by atoms with E-state index >= 15 is 0 Å². The van der Waals surface area contributed by atoms with Crippen molar-refractivity contribution in [2.24, 2.45) is 5.92 Å². The van der Waals surface area contributed by atoms with Crippen molar-refractivity contribution in [2.75, 3.05) is 0 Å². The van der Waals surface area contributed by atoms with Crippen molar-refractivity contribution >= 4 is 25.6 Å². The van der Waals surface area contributed by atoms with Crippen LogP contribution < -0.4 is 5.19 Å². The van der Waals surface area contributed by atoms with Gasteiger partial charge in [-0.3, -0.25) is 0 Å². The highest BCUT2D eigenvalue weighted by molar-refractivity contribution is 6.73. The van der Waals surface area contributed by atoms with Crippen LogP contribution in [0.25, 0.3) is 0 Å². The van der Waals surface area contributed by atoms with Crippen molar-refractivity contribution in [3.63, 3.8) is 0 Å². The highest BCUT2D eigenvalue weighted by atomic mass is 35.5. The standard InChI is InChI=1S/C16H24ClFSi/c1-2-3-4-5-13-8-10-19(11-9-13)14-6-7-15(17)16(18)12-14/h6-7,12-13,19H,2-5,8-11H2,1H3/t13-,19-. The zero-order valence-corrected chi connectivity index (χ0v) is 13.7. The fraction of sp³-hybridized carbons (Fsp3) is 0.625. The van der Waals surface area contributed by atoms with Gasteiger partial charge in [0, 0.05) is 0 Å². The van der Waals surface area contributed by atoms with E-state index in [1.165, 1.54) is 55.8 Å². The number of hydrogen-bond acceptors (Lipinski definition) is 0. The average molecular weight is 299 g/mol. The van der Waals surface area contributed by atoms with Crippen LogP contribution in [0.1, 0.15) is 45.4 Å². The lowest BCUT2D eigenvalue weighted by atomic mass is 9.96. The molecule has 1 heterocycles. The van der Waals surface area contributed by atoms with Crippen molar-refractivity contribution in [3.05, 3.63) is 29.0 Å². The Hall–Kier alpha value is -0.343. The predicted molar refractivity (Wildman–Crippen MR) is 84.7 cm³/mol. The summed E-state index contributed by atoms with van der Waals surface area (Å²) < 4.78 is 13.5. The molecule has 0 radical (unpaired) electrons. The van der Waals surface area contributed by atoms with E-state index in [0.29, 0.717) is 0 Å². The molecule has 0 aliphatic carbocycles. The van der Waals surface area contributed by atoms with E-state index in [1.54, 1.807) is 12.1 Å². The Morgan fingerprint density at radius 3 is 2.63 bits per heavy atom. The average Bonchev–Trinajstić information content (AvgIpc) is 2.43. The van der Waals surface area contributed by atoms with Crippen LogP contribution in [0.15, 0.2) is 18.2 Å². The number of halogens is 2. The Bertz CT molecular complexity index is 400. The molecule has 106 valence electrons. The second-order valence-electron chi connectivity index (χ2n) is 5.89. The summed E-state index contributed by atoms with van der Waals surface area (Å²) in [7, 11) is -0.911. The summed E-state index contributed by atoms with van der Waals surface area (Å²) in [5.74, 6) is 0.698. The number of hydrogen-bond donors (Lipinski definition) is 0. The molecular formula is C16H24ClFSi. The predicted octanol–water partition coefficient (Wildman–Crippen LogP) is 4.90. The highest BCUT2D eigenvalue weighted by Crippen LogP contribution is 2.29. The van der Waals surface area contributed by atoms with Crippen LogP contribution in [0, 0.1) is 11.7 Å². The van der Waals surface area contributed by atoms with Crippen LogP contribution in [0.3, 0.4) is 0 Å². The van der Waals surface area contributed by atoms with Crippen LogP contribution in [-0.2, 0) is 0 Å². The lowest BCUT2D eigenvalue weighted by Gasteiger charge is -2.28. The first-order chi connectivity index (χ1) is 9.20. The third-order valence-corrected chi connectivity index (χ3v) is 8.15. The number of benzene rings is 1. The summed E-state index contributed by atoms with van der Waals surface area (Å²) in [6, 6.07) is 8.17. The van der Waals surface area contributed by atoms with E-state index in [0.717, 1.165) is 5.92 Å². The lowest BCUT2D eigenvalue weighted by Crippen LogP contribution is -2.34. The van der Waals surface area contributed by atoms with Gasteiger partial charge in [-0.25, -0.2) is 4.39 Å². The summed E-state index contributed by atoms with van der Waals surface area (Å²) in [6.45, 7) is 2.26. The first-order valence-corrected chi connectivity index (χ1v) is 10.2. The number of unbranched alkanes of at least 4 members (excludes halogenated alkanes) is 2. The van der Waals surface area contributed by atoms with Crippen molar-refractivity contribution in [3.8, 4) is 0 Å². The van der Waals surface area contributed by atoms with Gasteiger partial charge in [-0.1, -0.05) is 80.4 Å². The van der Waals surface area contributed by atoms with E-state index in [1.807, 2.05) is 0 Å². The highest BCUT2D eigenvalue weighted by Gasteiger charge is 2.23. The molecule has 2 rings (SSSR count). The minimum absolute atomic E-state index is 0.239. The summed E-state index contributed by atoms with van der Waals surface area (Å²) >= 11 is 5.75. The molecule has 1 saturated heterocycles. The fourth-order valence-electron chi connectivity index (χ4n) is 3.23. The number of rotatable bonds is 5. The molecule has 0 amide bonds. The van der Waals surface area contributed by atoms with E-state index in [-0.39, 0.29) is 10.8 Å². The third kappa shape index (κ3) is 4.32. The van der Waals surface area contributed by atoms with Crippen LogP contribution in [0.4, 0.5) is 4.39 Å². The normalized spacial score (nSPS) is 23.5. The van der Waals surface area contributed by atoms with Crippen LogP contribution in [-0.4, -0.2) is 8.80 Å². The first-order valence-electron chi connectivity index (χ1n) is 7.65. The smallest absolute Gasteiger partial charge is 0.141 e. The zero-order chi connectivity index (χ0) is 13.7. The molecule has 1 aromatic carbocycles. The molecule has 1 aliphatic rings. The van der Waals surface area contributed by atoms with Gasteiger partial charge in [0.05, 0.1) is 13.8 Å². The monoisotopic (exact) mass is 298 g/mol. The van der Waals surface area contributed by atoms with E-state index in [9.17, 15) is 4.39 Å². The Balaban J connectivity index is 1.84. The molecule has 1 fully saturated rings. The van der Waals surface area contributed by atoms with Crippen LogP contribution in [0.5, 0.6) is 0 Å². The Labute approximate surface area is 123 Å². The van der Waals surface area contributed by atoms with Crippen molar-refractivity contribution < 1.29 is 4.39 Å². The Kier molecular flexibility index (Phi) is 5.90. The summed E-state index contributed by atoms with van der Waals surface area (Å²) in [4.78, 5) is 0. The van der Waals surface area contributed by atoms with Crippen LogP contribution >= 0.6 is 11.6 Å². The fourth-order valence-corrected chi connectivity index (χ4v) is 6.80. The molecule has 1 aromatic rings. The maximum atomic E-state index is 13.5. The second kappa shape index (κ2) is 7.44. The van der Waals surface area contributed by atoms with Gasteiger partial charge in [0.2, 0.25) is 0 Å². The van der Waals surface area contributed by atoms with Crippen LogP contribution in [0.2, 0.25) is 17.1 Å². The zero-order valence-electron chi connectivity index (χ0n) is 11.8. The molecule has 19 heavy (non-hydrogen) atoms. The molecule has 1 aliphatic heterocycles. The SMILES string of the molecule is CCCCC[C@H]1CC[Si@H](c2ccc(Cl)c(F)c2)CC1. The first kappa shape index (κ1) is 15.1. The van der Waals surface area contributed by atoms with Gasteiger partial charge in [-0.2, -0.15) is 0 Å². The Morgan fingerprint density at radius 1 is 1.26 bits per heavy atom. The molecule has 0 nitrogen and oxygen atoms in total. The summed E-state index contributed by atoms with van der Waals surface area (Å²) in [5.41, 5.74) is 0. The maximum Gasteiger partial charge on any atom is 0.141 e. The van der Waals surface area contributed by atoms with Gasteiger partial charge >= 0.3 is 0 Å². The summed E-state index contributed by atoms with van der Waals surface area (Å²) in [6.07, 6.45) is 8.22. The molecule has 0 unspecified atom stereocenters. The van der Waals surface area contributed by atoms with Crippen molar-refractivity contribution in [1.29, 1.82) is 0 Å².